The first-order valence-electron chi connectivity index (χ1n) is 9.75. The highest BCUT2D eigenvalue weighted by Crippen LogP contribution is 2.37. The van der Waals surface area contributed by atoms with Crippen LogP contribution < -0.4 is 0 Å². The minimum atomic E-state index is -4.40. The van der Waals surface area contributed by atoms with E-state index in [4.69, 9.17) is 0 Å². The fourth-order valence-corrected chi connectivity index (χ4v) is 3.70. The van der Waals surface area contributed by atoms with Crippen molar-refractivity contribution in [2.45, 2.75) is 50.9 Å². The van der Waals surface area contributed by atoms with E-state index in [2.05, 4.69) is 9.97 Å². The third-order valence-electron chi connectivity index (χ3n) is 5.36. The third kappa shape index (κ3) is 4.28. The zero-order valence-electron chi connectivity index (χ0n) is 16.0. The topological polar surface area (TPSA) is 49.0 Å². The van der Waals surface area contributed by atoms with Gasteiger partial charge in [0.05, 0.1) is 22.6 Å². The molecule has 1 aromatic heterocycles. The lowest BCUT2D eigenvalue weighted by molar-refractivity contribution is -0.137. The van der Waals surface area contributed by atoms with Gasteiger partial charge in [0.15, 0.2) is 0 Å². The Morgan fingerprint density at radius 1 is 1.21 bits per heavy atom. The van der Waals surface area contributed by atoms with Crippen molar-refractivity contribution in [3.63, 3.8) is 0 Å². The molecule has 0 saturated heterocycles. The summed E-state index contributed by atoms with van der Waals surface area (Å²) in [4.78, 5) is 22.4. The number of H-pyrrole nitrogens is 1. The van der Waals surface area contributed by atoms with E-state index in [9.17, 15) is 18.0 Å². The Hall–Kier alpha value is -2.83. The Morgan fingerprint density at radius 2 is 1.97 bits per heavy atom. The molecule has 7 heteroatoms. The minimum Gasteiger partial charge on any atom is -0.342 e. The van der Waals surface area contributed by atoms with E-state index >= 15 is 0 Å². The van der Waals surface area contributed by atoms with Gasteiger partial charge in [-0.3, -0.25) is 4.79 Å². The number of imidazole rings is 1. The van der Waals surface area contributed by atoms with Gasteiger partial charge in [0.2, 0.25) is 5.91 Å². The first-order chi connectivity index (χ1) is 13.8. The molecule has 1 amide bonds. The van der Waals surface area contributed by atoms with E-state index in [1.807, 2.05) is 24.3 Å². The number of para-hydroxylation sites is 2. The van der Waals surface area contributed by atoms with E-state index in [1.165, 1.54) is 6.07 Å². The van der Waals surface area contributed by atoms with E-state index in [0.29, 0.717) is 12.0 Å². The van der Waals surface area contributed by atoms with Gasteiger partial charge in [0.25, 0.3) is 0 Å². The second-order valence-electron chi connectivity index (χ2n) is 7.53. The molecule has 3 aromatic rings. The van der Waals surface area contributed by atoms with Crippen LogP contribution in [0.1, 0.15) is 49.2 Å². The number of aromatic amines is 1. The number of halogens is 3. The summed E-state index contributed by atoms with van der Waals surface area (Å²) in [5, 5.41) is 0. The van der Waals surface area contributed by atoms with Crippen LogP contribution in [0.4, 0.5) is 13.2 Å². The Kier molecular flexibility index (Phi) is 5.06. The normalized spacial score (nSPS) is 15.4. The average molecular weight is 401 g/mol. The van der Waals surface area contributed by atoms with Crippen LogP contribution in [-0.4, -0.2) is 26.8 Å². The largest absolute Gasteiger partial charge is 0.416 e. The number of nitrogens with zero attached hydrogens (tertiary/aromatic N) is 2. The summed E-state index contributed by atoms with van der Waals surface area (Å²) in [6.45, 7) is 1.80. The fraction of sp³-hybridized carbons (Fsp3) is 0.364. The van der Waals surface area contributed by atoms with Gasteiger partial charge in [-0.05, 0) is 49.6 Å². The number of hydrogen-bond acceptors (Lipinski definition) is 2. The van der Waals surface area contributed by atoms with Crippen LogP contribution in [0.2, 0.25) is 0 Å². The monoisotopic (exact) mass is 401 g/mol. The number of benzene rings is 2. The third-order valence-corrected chi connectivity index (χ3v) is 5.36. The average Bonchev–Trinajstić information content (AvgIpc) is 3.43. The standard InChI is InChI=1S/C22H22F3N3O/c1-14(15-5-4-6-16(13-15)22(23,24)25)28(17-9-10-17)21(29)12-11-20-26-18-7-2-3-8-19(18)27-20/h2-8,13-14,17H,9-12H2,1H3,(H,26,27). The molecule has 1 saturated carbocycles. The lowest BCUT2D eigenvalue weighted by Gasteiger charge is -2.30. The molecular formula is C22H22F3N3O. The molecule has 1 N–H and O–H groups in total. The summed E-state index contributed by atoms with van der Waals surface area (Å²) in [5.41, 5.74) is 1.59. The molecule has 1 aliphatic rings. The molecule has 0 spiro atoms. The van der Waals surface area contributed by atoms with Crippen molar-refractivity contribution >= 4 is 16.9 Å². The van der Waals surface area contributed by atoms with Crippen LogP contribution in [0.3, 0.4) is 0 Å². The summed E-state index contributed by atoms with van der Waals surface area (Å²) >= 11 is 0. The van der Waals surface area contributed by atoms with Gasteiger partial charge < -0.3 is 9.88 Å². The molecule has 0 bridgehead atoms. The predicted molar refractivity (Wildman–Crippen MR) is 104 cm³/mol. The van der Waals surface area contributed by atoms with Crippen LogP contribution in [-0.2, 0) is 17.4 Å². The number of carbonyl (C=O) groups is 1. The number of fused-ring (bicyclic) bond motifs is 1. The summed E-state index contributed by atoms with van der Waals surface area (Å²) in [6.07, 6.45) is -1.89. The molecule has 0 aliphatic heterocycles. The van der Waals surface area contributed by atoms with Crippen molar-refractivity contribution in [2.75, 3.05) is 0 Å². The number of carbonyl (C=O) groups excluding carboxylic acids is 1. The summed E-state index contributed by atoms with van der Waals surface area (Å²) < 4.78 is 39.2. The zero-order valence-corrected chi connectivity index (χ0v) is 16.0. The molecule has 2 aromatic carbocycles. The smallest absolute Gasteiger partial charge is 0.342 e. The fourth-order valence-electron chi connectivity index (χ4n) is 3.70. The minimum absolute atomic E-state index is 0.0575. The van der Waals surface area contributed by atoms with Crippen LogP contribution in [0.15, 0.2) is 48.5 Å². The molecule has 1 heterocycles. The van der Waals surface area contributed by atoms with Gasteiger partial charge in [-0.2, -0.15) is 13.2 Å². The number of nitrogens with one attached hydrogen (secondary N) is 1. The molecule has 29 heavy (non-hydrogen) atoms. The molecule has 4 rings (SSSR count). The first-order valence-corrected chi connectivity index (χ1v) is 9.75. The Bertz CT molecular complexity index is 990. The van der Waals surface area contributed by atoms with E-state index in [1.54, 1.807) is 17.9 Å². The van der Waals surface area contributed by atoms with Crippen molar-refractivity contribution in [1.29, 1.82) is 0 Å². The molecule has 1 aliphatic carbocycles. The number of alkyl halides is 3. The lowest BCUT2D eigenvalue weighted by atomic mass is 10.0. The Morgan fingerprint density at radius 3 is 2.66 bits per heavy atom. The van der Waals surface area contributed by atoms with E-state index in [-0.39, 0.29) is 18.4 Å². The second-order valence-corrected chi connectivity index (χ2v) is 7.53. The molecule has 1 atom stereocenters. The number of rotatable bonds is 6. The highest BCUT2D eigenvalue weighted by Gasteiger charge is 2.37. The van der Waals surface area contributed by atoms with E-state index < -0.39 is 17.8 Å². The quantitative estimate of drug-likeness (QED) is 0.612. The van der Waals surface area contributed by atoms with Crippen LogP contribution >= 0.6 is 0 Å². The number of aromatic nitrogens is 2. The Labute approximate surface area is 166 Å². The van der Waals surface area contributed by atoms with Crippen molar-refractivity contribution in [3.8, 4) is 0 Å². The zero-order chi connectivity index (χ0) is 20.6. The number of aryl methyl sites for hydroxylation is 1. The molecule has 1 unspecified atom stereocenters. The van der Waals surface area contributed by atoms with Crippen molar-refractivity contribution in [2.24, 2.45) is 0 Å². The molecule has 0 radical (unpaired) electrons. The van der Waals surface area contributed by atoms with Crippen LogP contribution in [0, 0.1) is 0 Å². The second kappa shape index (κ2) is 7.54. The van der Waals surface area contributed by atoms with E-state index in [0.717, 1.165) is 41.8 Å². The lowest BCUT2D eigenvalue weighted by Crippen LogP contribution is -2.35. The molecular weight excluding hydrogens is 379 g/mol. The van der Waals surface area contributed by atoms with Gasteiger partial charge >= 0.3 is 6.18 Å². The number of amides is 1. The maximum absolute atomic E-state index is 13.1. The van der Waals surface area contributed by atoms with Crippen molar-refractivity contribution in [3.05, 3.63) is 65.5 Å². The SMILES string of the molecule is CC(c1cccc(C(F)(F)F)c1)N(C(=O)CCc1nc2ccccc2[nH]1)C1CC1. The van der Waals surface area contributed by atoms with Gasteiger partial charge in [0, 0.05) is 18.9 Å². The van der Waals surface area contributed by atoms with Crippen LogP contribution in [0.5, 0.6) is 0 Å². The molecule has 4 nitrogen and oxygen atoms in total. The van der Waals surface area contributed by atoms with Gasteiger partial charge in [-0.15, -0.1) is 0 Å². The number of hydrogen-bond donors (Lipinski definition) is 1. The van der Waals surface area contributed by atoms with Crippen molar-refractivity contribution < 1.29 is 18.0 Å². The molecule has 152 valence electrons. The predicted octanol–water partition coefficient (Wildman–Crippen LogP) is 5.27. The summed E-state index contributed by atoms with van der Waals surface area (Å²) in [6, 6.07) is 12.6. The van der Waals surface area contributed by atoms with Gasteiger partial charge in [0.1, 0.15) is 5.82 Å². The first kappa shape index (κ1) is 19.5. The van der Waals surface area contributed by atoms with Gasteiger partial charge in [-0.1, -0.05) is 24.3 Å². The molecule has 1 fully saturated rings. The summed E-state index contributed by atoms with van der Waals surface area (Å²) in [7, 11) is 0. The maximum Gasteiger partial charge on any atom is 0.416 e. The maximum atomic E-state index is 13.1. The highest BCUT2D eigenvalue weighted by molar-refractivity contribution is 5.78. The van der Waals surface area contributed by atoms with Crippen LogP contribution in [0.25, 0.3) is 11.0 Å². The summed E-state index contributed by atoms with van der Waals surface area (Å²) in [5.74, 6) is 0.680. The highest BCUT2D eigenvalue weighted by atomic mass is 19.4. The van der Waals surface area contributed by atoms with Gasteiger partial charge in [-0.25, -0.2) is 4.98 Å². The Balaban J connectivity index is 1.49. The van der Waals surface area contributed by atoms with Crippen molar-refractivity contribution in [1.82, 2.24) is 14.9 Å².